The second-order valence-electron chi connectivity index (χ2n) is 6.15. The minimum atomic E-state index is 0. The van der Waals surface area contributed by atoms with Crippen molar-refractivity contribution in [1.29, 1.82) is 0 Å². The second kappa shape index (κ2) is 6.76. The molecular weight excluding hydrogens is 248 g/mol. The molecule has 2 fully saturated rings. The van der Waals surface area contributed by atoms with Crippen LogP contribution in [0.3, 0.4) is 0 Å². The molecule has 0 aromatic carbocycles. The normalized spacial score (nSPS) is 27.1. The highest BCUT2D eigenvalue weighted by atomic mass is 35.5. The minimum absolute atomic E-state index is 0. The minimum Gasteiger partial charge on any atom is -0.339 e. The molecule has 2 atom stereocenters. The summed E-state index contributed by atoms with van der Waals surface area (Å²) in [7, 11) is 0. The van der Waals surface area contributed by atoms with Crippen LogP contribution < -0.4 is 5.73 Å². The van der Waals surface area contributed by atoms with Gasteiger partial charge in [-0.15, -0.1) is 12.4 Å². The van der Waals surface area contributed by atoms with E-state index in [1.807, 2.05) is 0 Å². The molecule has 2 N–H and O–H groups in total. The van der Waals surface area contributed by atoms with E-state index in [1.54, 1.807) is 0 Å². The third kappa shape index (κ3) is 3.61. The third-order valence-corrected chi connectivity index (χ3v) is 4.11. The van der Waals surface area contributed by atoms with E-state index in [-0.39, 0.29) is 18.3 Å². The highest BCUT2D eigenvalue weighted by Gasteiger charge is 2.40. The molecule has 0 spiro atoms. The zero-order valence-electron chi connectivity index (χ0n) is 11.6. The van der Waals surface area contributed by atoms with E-state index in [1.165, 1.54) is 19.3 Å². The van der Waals surface area contributed by atoms with Crippen molar-refractivity contribution in [3.8, 4) is 0 Å². The van der Waals surface area contributed by atoms with Gasteiger partial charge in [0.2, 0.25) is 5.91 Å². The quantitative estimate of drug-likeness (QED) is 0.837. The molecular formula is C14H27ClN2O. The molecule has 2 rings (SSSR count). The largest absolute Gasteiger partial charge is 0.339 e. The van der Waals surface area contributed by atoms with Crippen molar-refractivity contribution in [2.75, 3.05) is 13.1 Å². The molecule has 0 unspecified atom stereocenters. The predicted molar refractivity (Wildman–Crippen MR) is 76.7 cm³/mol. The van der Waals surface area contributed by atoms with Gasteiger partial charge in [0.05, 0.1) is 0 Å². The number of amides is 1. The van der Waals surface area contributed by atoms with Gasteiger partial charge in [-0.1, -0.05) is 20.3 Å². The first-order chi connectivity index (χ1) is 8.13. The van der Waals surface area contributed by atoms with Gasteiger partial charge in [0.15, 0.2) is 0 Å². The monoisotopic (exact) mass is 274 g/mol. The molecule has 106 valence electrons. The van der Waals surface area contributed by atoms with Crippen molar-refractivity contribution in [3.63, 3.8) is 0 Å². The summed E-state index contributed by atoms with van der Waals surface area (Å²) < 4.78 is 0. The van der Waals surface area contributed by atoms with Gasteiger partial charge in [0, 0.05) is 18.5 Å². The molecule has 0 heterocycles. The lowest BCUT2D eigenvalue weighted by Crippen LogP contribution is -2.42. The van der Waals surface area contributed by atoms with E-state index in [2.05, 4.69) is 18.7 Å². The predicted octanol–water partition coefficient (Wildman–Crippen LogP) is 2.43. The van der Waals surface area contributed by atoms with Gasteiger partial charge < -0.3 is 10.6 Å². The van der Waals surface area contributed by atoms with Crippen LogP contribution in [0.4, 0.5) is 0 Å². The van der Waals surface area contributed by atoms with Gasteiger partial charge in [-0.3, -0.25) is 4.79 Å². The van der Waals surface area contributed by atoms with Crippen molar-refractivity contribution >= 4 is 18.3 Å². The lowest BCUT2D eigenvalue weighted by molar-refractivity contribution is -0.137. The number of hydrogen-bond donors (Lipinski definition) is 1. The summed E-state index contributed by atoms with van der Waals surface area (Å²) in [6, 6.07) is 0.545. The number of hydrogen-bond acceptors (Lipinski definition) is 2. The van der Waals surface area contributed by atoms with Crippen LogP contribution in [0.1, 0.15) is 46.0 Å². The van der Waals surface area contributed by atoms with Gasteiger partial charge in [-0.25, -0.2) is 0 Å². The van der Waals surface area contributed by atoms with E-state index in [4.69, 9.17) is 5.73 Å². The molecule has 2 aliphatic rings. The molecule has 3 nitrogen and oxygen atoms in total. The van der Waals surface area contributed by atoms with Crippen molar-refractivity contribution < 1.29 is 4.79 Å². The summed E-state index contributed by atoms with van der Waals surface area (Å²) >= 11 is 0. The van der Waals surface area contributed by atoms with Crippen LogP contribution in [-0.4, -0.2) is 29.9 Å². The molecule has 0 saturated heterocycles. The SMILES string of the molecule is CC(C)CN(C(=O)[C@@H]1CCC[C@@H]1CN)C1CC1.Cl. The zero-order chi connectivity index (χ0) is 12.4. The van der Waals surface area contributed by atoms with Gasteiger partial charge >= 0.3 is 0 Å². The van der Waals surface area contributed by atoms with Crippen molar-refractivity contribution in [3.05, 3.63) is 0 Å². The number of carbonyl (C=O) groups excluding carboxylic acids is 1. The van der Waals surface area contributed by atoms with Gasteiger partial charge in [0.25, 0.3) is 0 Å². The summed E-state index contributed by atoms with van der Waals surface area (Å²) in [5.74, 6) is 1.63. The van der Waals surface area contributed by atoms with E-state index >= 15 is 0 Å². The number of nitrogens with zero attached hydrogens (tertiary/aromatic N) is 1. The molecule has 1 amide bonds. The topological polar surface area (TPSA) is 46.3 Å². The standard InChI is InChI=1S/C14H26N2O.ClH/c1-10(2)9-16(12-6-7-12)14(17)13-5-3-4-11(13)8-15;/h10-13H,3-9,15H2,1-2H3;1H/t11-,13-;/m1./s1. The van der Waals surface area contributed by atoms with E-state index in [9.17, 15) is 4.79 Å². The van der Waals surface area contributed by atoms with Crippen LogP contribution in [0.15, 0.2) is 0 Å². The molecule has 0 radical (unpaired) electrons. The van der Waals surface area contributed by atoms with Crippen molar-refractivity contribution in [2.24, 2.45) is 23.5 Å². The average Bonchev–Trinajstić information content (AvgIpc) is 3.02. The van der Waals surface area contributed by atoms with Crippen LogP contribution in [0, 0.1) is 17.8 Å². The number of carbonyl (C=O) groups is 1. The Bertz CT molecular complexity index is 279. The number of rotatable bonds is 5. The Morgan fingerprint density at radius 2 is 1.94 bits per heavy atom. The molecule has 2 aliphatic carbocycles. The molecule has 4 heteroatoms. The fraction of sp³-hybridized carbons (Fsp3) is 0.929. The number of nitrogens with two attached hydrogens (primary N) is 1. The molecule has 0 aliphatic heterocycles. The van der Waals surface area contributed by atoms with Gasteiger partial charge in [0.1, 0.15) is 0 Å². The molecule has 0 aromatic heterocycles. The van der Waals surface area contributed by atoms with Crippen LogP contribution in [0.5, 0.6) is 0 Å². The maximum absolute atomic E-state index is 12.6. The summed E-state index contributed by atoms with van der Waals surface area (Å²) in [5, 5.41) is 0. The maximum atomic E-state index is 12.6. The van der Waals surface area contributed by atoms with Crippen LogP contribution in [0.25, 0.3) is 0 Å². The third-order valence-electron chi connectivity index (χ3n) is 4.11. The summed E-state index contributed by atoms with van der Waals surface area (Å²) in [6.45, 7) is 5.99. The summed E-state index contributed by atoms with van der Waals surface area (Å²) in [6.07, 6.45) is 5.80. The first kappa shape index (κ1) is 15.8. The van der Waals surface area contributed by atoms with E-state index in [0.717, 1.165) is 19.4 Å². The molecule has 18 heavy (non-hydrogen) atoms. The first-order valence-corrected chi connectivity index (χ1v) is 7.14. The molecule has 0 bridgehead atoms. The van der Waals surface area contributed by atoms with Crippen LogP contribution >= 0.6 is 12.4 Å². The molecule has 0 aromatic rings. The van der Waals surface area contributed by atoms with Crippen molar-refractivity contribution in [2.45, 2.75) is 52.0 Å². The summed E-state index contributed by atoms with van der Waals surface area (Å²) in [5.41, 5.74) is 5.78. The smallest absolute Gasteiger partial charge is 0.226 e. The average molecular weight is 275 g/mol. The Morgan fingerprint density at radius 1 is 1.28 bits per heavy atom. The second-order valence-corrected chi connectivity index (χ2v) is 6.15. The van der Waals surface area contributed by atoms with Crippen LogP contribution in [0.2, 0.25) is 0 Å². The maximum Gasteiger partial charge on any atom is 0.226 e. The Hall–Kier alpha value is -0.280. The van der Waals surface area contributed by atoms with Gasteiger partial charge in [-0.05, 0) is 44.1 Å². The number of halogens is 1. The lowest BCUT2D eigenvalue weighted by atomic mass is 9.94. The van der Waals surface area contributed by atoms with E-state index < -0.39 is 0 Å². The van der Waals surface area contributed by atoms with E-state index in [0.29, 0.717) is 30.3 Å². The zero-order valence-corrected chi connectivity index (χ0v) is 12.4. The fourth-order valence-electron chi connectivity index (χ4n) is 3.06. The van der Waals surface area contributed by atoms with Gasteiger partial charge in [-0.2, -0.15) is 0 Å². The van der Waals surface area contributed by atoms with Crippen LogP contribution in [-0.2, 0) is 4.79 Å². The van der Waals surface area contributed by atoms with Crippen molar-refractivity contribution in [1.82, 2.24) is 4.90 Å². The fourth-order valence-corrected chi connectivity index (χ4v) is 3.06. The Morgan fingerprint density at radius 3 is 2.44 bits per heavy atom. The summed E-state index contributed by atoms with van der Waals surface area (Å²) in [4.78, 5) is 14.8. The Kier molecular flexibility index (Phi) is 5.93. The first-order valence-electron chi connectivity index (χ1n) is 7.14. The highest BCUT2D eigenvalue weighted by molar-refractivity contribution is 5.85. The Balaban J connectivity index is 0.00000162. The Labute approximate surface area is 117 Å². The lowest BCUT2D eigenvalue weighted by Gasteiger charge is -2.29. The highest BCUT2D eigenvalue weighted by Crippen LogP contribution is 2.36. The molecule has 2 saturated carbocycles.